The average Bonchev–Trinajstić information content (AvgIpc) is 3.19. The highest BCUT2D eigenvalue weighted by Crippen LogP contribution is 2.42. The van der Waals surface area contributed by atoms with E-state index in [2.05, 4.69) is 20.9 Å². The highest BCUT2D eigenvalue weighted by Gasteiger charge is 2.47. The third-order valence-corrected chi connectivity index (χ3v) is 6.59. The van der Waals surface area contributed by atoms with Crippen LogP contribution in [0.15, 0.2) is 73.2 Å². The summed E-state index contributed by atoms with van der Waals surface area (Å²) in [5, 5.41) is 0. The second-order valence-electron chi connectivity index (χ2n) is 8.43. The highest BCUT2D eigenvalue weighted by atomic mass is 19.1. The molecule has 5 nitrogen and oxygen atoms in total. The van der Waals surface area contributed by atoms with Crippen LogP contribution in [0.1, 0.15) is 34.0 Å². The number of halogens is 1. The Morgan fingerprint density at radius 1 is 1.03 bits per heavy atom. The number of piperidine rings is 1. The van der Waals surface area contributed by atoms with Crippen LogP contribution in [0.5, 0.6) is 0 Å². The van der Waals surface area contributed by atoms with Gasteiger partial charge in [0.2, 0.25) is 0 Å². The highest BCUT2D eigenvalue weighted by molar-refractivity contribution is 5.94. The van der Waals surface area contributed by atoms with Crippen LogP contribution >= 0.6 is 0 Å². The van der Waals surface area contributed by atoms with Crippen molar-refractivity contribution in [2.75, 3.05) is 19.6 Å². The first-order chi connectivity index (χ1) is 15.2. The molecule has 0 N–H and O–H groups in total. The Kier molecular flexibility index (Phi) is 5.47. The van der Waals surface area contributed by atoms with E-state index in [9.17, 15) is 9.18 Å². The predicted molar refractivity (Wildman–Crippen MR) is 116 cm³/mol. The Morgan fingerprint density at radius 2 is 1.90 bits per heavy atom. The number of pyridine rings is 2. The summed E-state index contributed by atoms with van der Waals surface area (Å²) in [6, 6.07) is 16.6. The van der Waals surface area contributed by atoms with Gasteiger partial charge in [-0.2, -0.15) is 0 Å². The fourth-order valence-electron chi connectivity index (χ4n) is 5.12. The molecular weight excluding hydrogens is 391 g/mol. The summed E-state index contributed by atoms with van der Waals surface area (Å²) in [5.74, 6) is 0.272. The quantitative estimate of drug-likeness (QED) is 0.650. The molecule has 2 saturated heterocycles. The number of carbonyl (C=O) groups is 1. The van der Waals surface area contributed by atoms with E-state index in [1.165, 1.54) is 12.1 Å². The zero-order chi connectivity index (χ0) is 21.2. The smallest absolute Gasteiger partial charge is 0.255 e. The molecule has 0 aliphatic carbocycles. The van der Waals surface area contributed by atoms with Gasteiger partial charge in [-0.25, -0.2) is 4.39 Å². The molecule has 3 atom stereocenters. The number of hydrogen-bond acceptors (Lipinski definition) is 4. The molecular formula is C25H25FN4O. The molecule has 6 heteroatoms. The number of fused-ring (bicyclic) bond motifs is 1. The first-order valence-electron chi connectivity index (χ1n) is 10.8. The van der Waals surface area contributed by atoms with Gasteiger partial charge in [0.25, 0.3) is 5.91 Å². The van der Waals surface area contributed by atoms with E-state index in [0.717, 1.165) is 37.3 Å². The maximum Gasteiger partial charge on any atom is 0.255 e. The summed E-state index contributed by atoms with van der Waals surface area (Å²) >= 11 is 0. The summed E-state index contributed by atoms with van der Waals surface area (Å²) in [7, 11) is 0. The van der Waals surface area contributed by atoms with E-state index in [0.29, 0.717) is 18.0 Å². The van der Waals surface area contributed by atoms with Crippen molar-refractivity contribution in [2.45, 2.75) is 24.9 Å². The molecule has 2 aliphatic heterocycles. The second kappa shape index (κ2) is 8.55. The minimum atomic E-state index is -0.234. The molecule has 4 heterocycles. The number of likely N-dealkylation sites (tertiary alicyclic amines) is 2. The Bertz CT molecular complexity index is 1030. The Hall–Kier alpha value is -3.12. The van der Waals surface area contributed by atoms with Gasteiger partial charge in [0, 0.05) is 62.6 Å². The molecule has 0 saturated carbocycles. The van der Waals surface area contributed by atoms with Crippen LogP contribution in [0.2, 0.25) is 0 Å². The Balaban J connectivity index is 1.41. The zero-order valence-corrected chi connectivity index (χ0v) is 17.3. The van der Waals surface area contributed by atoms with Crippen LogP contribution < -0.4 is 0 Å². The molecule has 2 aromatic heterocycles. The number of hydrogen-bond donors (Lipinski definition) is 0. The average molecular weight is 417 g/mol. The van der Waals surface area contributed by atoms with E-state index in [-0.39, 0.29) is 23.7 Å². The van der Waals surface area contributed by atoms with Gasteiger partial charge < -0.3 is 4.90 Å². The molecule has 1 amide bonds. The van der Waals surface area contributed by atoms with Crippen molar-refractivity contribution in [3.8, 4) is 0 Å². The normalized spacial score (nSPS) is 23.5. The molecule has 2 fully saturated rings. The lowest BCUT2D eigenvalue weighted by Crippen LogP contribution is -2.47. The van der Waals surface area contributed by atoms with Gasteiger partial charge >= 0.3 is 0 Å². The van der Waals surface area contributed by atoms with Gasteiger partial charge in [-0.15, -0.1) is 0 Å². The first-order valence-corrected chi connectivity index (χ1v) is 10.8. The van der Waals surface area contributed by atoms with E-state index >= 15 is 0 Å². The number of amides is 1. The van der Waals surface area contributed by atoms with Crippen molar-refractivity contribution < 1.29 is 9.18 Å². The van der Waals surface area contributed by atoms with Gasteiger partial charge in [0.15, 0.2) is 0 Å². The molecule has 0 unspecified atom stereocenters. The van der Waals surface area contributed by atoms with Crippen molar-refractivity contribution in [3.63, 3.8) is 0 Å². The SMILES string of the molecule is O=C(c1cccnc1)N1C[C@@H](c2ccc(F)cc2)[C@@H]2CN(Cc3ccccn3)CC[C@@H]21. The molecule has 0 spiro atoms. The standard InChI is InChI=1S/C25H25FN4O/c26-20-8-6-18(7-9-20)22-17-30(25(31)19-4-3-11-27-14-19)24-10-13-29(16-23(22)24)15-21-5-1-2-12-28-21/h1-9,11-12,14,22-24H,10,13,15-17H2/t22-,23-,24-/m0/s1. The lowest BCUT2D eigenvalue weighted by atomic mass is 9.81. The van der Waals surface area contributed by atoms with Gasteiger partial charge in [0.1, 0.15) is 5.82 Å². The lowest BCUT2D eigenvalue weighted by Gasteiger charge is -2.38. The second-order valence-corrected chi connectivity index (χ2v) is 8.43. The summed E-state index contributed by atoms with van der Waals surface area (Å²) < 4.78 is 13.6. The number of benzene rings is 1. The summed E-state index contributed by atoms with van der Waals surface area (Å²) in [4.78, 5) is 26.4. The van der Waals surface area contributed by atoms with Crippen LogP contribution in [0, 0.1) is 11.7 Å². The number of nitrogens with zero attached hydrogens (tertiary/aromatic N) is 4. The summed E-state index contributed by atoms with van der Waals surface area (Å²) in [6.07, 6.45) is 6.06. The Labute approximate surface area is 181 Å². The minimum absolute atomic E-state index is 0.0332. The van der Waals surface area contributed by atoms with Crippen LogP contribution in [0.25, 0.3) is 0 Å². The molecule has 2 aliphatic rings. The third kappa shape index (κ3) is 4.08. The fraction of sp³-hybridized carbons (Fsp3) is 0.320. The molecule has 31 heavy (non-hydrogen) atoms. The molecule has 5 rings (SSSR count). The van der Waals surface area contributed by atoms with Crippen LogP contribution in [0.3, 0.4) is 0 Å². The molecule has 1 aromatic carbocycles. The van der Waals surface area contributed by atoms with E-state index in [1.54, 1.807) is 18.5 Å². The van der Waals surface area contributed by atoms with Crippen molar-refractivity contribution in [3.05, 3.63) is 95.8 Å². The molecule has 0 bridgehead atoms. The van der Waals surface area contributed by atoms with E-state index < -0.39 is 0 Å². The Morgan fingerprint density at radius 3 is 2.65 bits per heavy atom. The van der Waals surface area contributed by atoms with Gasteiger partial charge in [-0.05, 0) is 48.4 Å². The number of carbonyl (C=O) groups excluding carboxylic acids is 1. The van der Waals surface area contributed by atoms with Crippen LogP contribution in [-0.2, 0) is 6.54 Å². The number of aromatic nitrogens is 2. The fourth-order valence-corrected chi connectivity index (χ4v) is 5.12. The predicted octanol–water partition coefficient (Wildman–Crippen LogP) is 3.75. The maximum atomic E-state index is 13.6. The summed E-state index contributed by atoms with van der Waals surface area (Å²) in [6.45, 7) is 3.26. The van der Waals surface area contributed by atoms with E-state index in [4.69, 9.17) is 0 Å². The largest absolute Gasteiger partial charge is 0.335 e. The maximum absolute atomic E-state index is 13.6. The third-order valence-electron chi connectivity index (χ3n) is 6.59. The van der Waals surface area contributed by atoms with Crippen molar-refractivity contribution in [2.24, 2.45) is 5.92 Å². The lowest BCUT2D eigenvalue weighted by molar-refractivity contribution is 0.0612. The molecule has 0 radical (unpaired) electrons. The van der Waals surface area contributed by atoms with Crippen molar-refractivity contribution in [1.29, 1.82) is 0 Å². The topological polar surface area (TPSA) is 49.3 Å². The summed E-state index contributed by atoms with van der Waals surface area (Å²) in [5.41, 5.74) is 2.77. The van der Waals surface area contributed by atoms with E-state index in [1.807, 2.05) is 41.4 Å². The van der Waals surface area contributed by atoms with Gasteiger partial charge in [-0.3, -0.25) is 19.7 Å². The molecule has 158 valence electrons. The van der Waals surface area contributed by atoms with Crippen LogP contribution in [-0.4, -0.2) is 51.4 Å². The monoisotopic (exact) mass is 416 g/mol. The minimum Gasteiger partial charge on any atom is -0.335 e. The zero-order valence-electron chi connectivity index (χ0n) is 17.3. The van der Waals surface area contributed by atoms with Crippen molar-refractivity contribution >= 4 is 5.91 Å². The van der Waals surface area contributed by atoms with Crippen LogP contribution in [0.4, 0.5) is 4.39 Å². The van der Waals surface area contributed by atoms with Gasteiger partial charge in [-0.1, -0.05) is 18.2 Å². The van der Waals surface area contributed by atoms with Crippen molar-refractivity contribution in [1.82, 2.24) is 19.8 Å². The van der Waals surface area contributed by atoms with Gasteiger partial charge in [0.05, 0.1) is 11.3 Å². The first kappa shape index (κ1) is 19.8. The number of rotatable bonds is 4. The molecule has 3 aromatic rings.